The molecule has 0 spiro atoms. The number of rotatable bonds is 4. The lowest BCUT2D eigenvalue weighted by Crippen LogP contribution is -2.19. The van der Waals surface area contributed by atoms with Crippen molar-refractivity contribution < 1.29 is 20.1 Å². The number of carboxylic acid groups (broad SMARTS) is 1. The Morgan fingerprint density at radius 3 is 2.56 bits per heavy atom. The maximum atomic E-state index is 10.8. The highest BCUT2D eigenvalue weighted by molar-refractivity contribution is 9.09. The summed E-state index contributed by atoms with van der Waals surface area (Å²) < 4.78 is 0. The molecule has 0 saturated carbocycles. The Bertz CT molecular complexity index is 396. The van der Waals surface area contributed by atoms with Crippen molar-refractivity contribution in [3.8, 4) is 0 Å². The molecule has 0 saturated heterocycles. The van der Waals surface area contributed by atoms with E-state index in [2.05, 4.69) is 15.9 Å². The van der Waals surface area contributed by atoms with Crippen molar-refractivity contribution in [3.05, 3.63) is 34.3 Å². The zero-order valence-corrected chi connectivity index (χ0v) is 10.4. The third-order valence-electron chi connectivity index (χ3n) is 2.08. The minimum atomic E-state index is -1.17. The van der Waals surface area contributed by atoms with E-state index in [1.54, 1.807) is 0 Å². The van der Waals surface area contributed by atoms with E-state index in [1.165, 1.54) is 18.2 Å². The van der Waals surface area contributed by atoms with Crippen LogP contribution in [0.2, 0.25) is 5.02 Å². The standard InChI is InChI=1S/C10H10BrClO4/c11-4-8(13)9(14)5-1-2-7(12)6(3-5)10(15)16/h1-3,8-9,13-14H,4H2,(H,15,16). The molecule has 1 aromatic carbocycles. The van der Waals surface area contributed by atoms with Gasteiger partial charge in [-0.05, 0) is 17.7 Å². The van der Waals surface area contributed by atoms with E-state index in [-0.39, 0.29) is 15.9 Å². The Morgan fingerprint density at radius 1 is 1.44 bits per heavy atom. The molecule has 0 bridgehead atoms. The van der Waals surface area contributed by atoms with Crippen LogP contribution in [-0.2, 0) is 0 Å². The van der Waals surface area contributed by atoms with Crippen molar-refractivity contribution in [2.24, 2.45) is 0 Å². The van der Waals surface area contributed by atoms with Gasteiger partial charge < -0.3 is 15.3 Å². The summed E-state index contributed by atoms with van der Waals surface area (Å²) in [6.45, 7) is 0. The normalized spacial score (nSPS) is 14.5. The van der Waals surface area contributed by atoms with Gasteiger partial charge in [-0.1, -0.05) is 33.6 Å². The molecule has 2 atom stereocenters. The van der Waals surface area contributed by atoms with Crippen molar-refractivity contribution in [2.75, 3.05) is 5.33 Å². The van der Waals surface area contributed by atoms with Gasteiger partial charge in [-0.15, -0.1) is 0 Å². The quantitative estimate of drug-likeness (QED) is 0.742. The molecule has 4 nitrogen and oxygen atoms in total. The number of aliphatic hydroxyl groups is 2. The van der Waals surface area contributed by atoms with E-state index in [9.17, 15) is 15.0 Å². The molecule has 16 heavy (non-hydrogen) atoms. The molecule has 0 radical (unpaired) electrons. The van der Waals surface area contributed by atoms with Gasteiger partial charge >= 0.3 is 5.97 Å². The van der Waals surface area contributed by atoms with Gasteiger partial charge in [0, 0.05) is 5.33 Å². The zero-order chi connectivity index (χ0) is 12.3. The number of halogens is 2. The van der Waals surface area contributed by atoms with Crippen LogP contribution >= 0.6 is 27.5 Å². The largest absolute Gasteiger partial charge is 0.478 e. The second-order valence-electron chi connectivity index (χ2n) is 3.21. The molecule has 0 aliphatic heterocycles. The maximum Gasteiger partial charge on any atom is 0.337 e. The highest BCUT2D eigenvalue weighted by Crippen LogP contribution is 2.24. The van der Waals surface area contributed by atoms with Crippen molar-refractivity contribution >= 4 is 33.5 Å². The monoisotopic (exact) mass is 308 g/mol. The van der Waals surface area contributed by atoms with Gasteiger partial charge in [0.2, 0.25) is 0 Å². The van der Waals surface area contributed by atoms with E-state index in [0.717, 1.165) is 0 Å². The number of alkyl halides is 1. The first-order valence-electron chi connectivity index (χ1n) is 4.42. The summed E-state index contributed by atoms with van der Waals surface area (Å²) in [4.78, 5) is 10.8. The van der Waals surface area contributed by atoms with Gasteiger partial charge in [-0.3, -0.25) is 0 Å². The van der Waals surface area contributed by atoms with Crippen LogP contribution in [0.4, 0.5) is 0 Å². The first-order chi connectivity index (χ1) is 7.47. The Hall–Kier alpha value is -0.620. The second-order valence-corrected chi connectivity index (χ2v) is 4.27. The average Bonchev–Trinajstić information content (AvgIpc) is 2.27. The third-order valence-corrected chi connectivity index (χ3v) is 3.08. The Morgan fingerprint density at radius 2 is 2.06 bits per heavy atom. The predicted octanol–water partition coefficient (Wildman–Crippen LogP) is 1.83. The van der Waals surface area contributed by atoms with E-state index >= 15 is 0 Å². The number of carbonyl (C=O) groups is 1. The SMILES string of the molecule is O=C(O)c1cc(C(O)C(O)CBr)ccc1Cl. The van der Waals surface area contributed by atoms with E-state index in [0.29, 0.717) is 5.56 Å². The summed E-state index contributed by atoms with van der Waals surface area (Å²) in [5.74, 6) is -1.17. The Kier molecular flexibility index (Phi) is 4.73. The lowest BCUT2D eigenvalue weighted by Gasteiger charge is -2.16. The highest BCUT2D eigenvalue weighted by Gasteiger charge is 2.19. The molecule has 0 heterocycles. The first kappa shape index (κ1) is 13.4. The van der Waals surface area contributed by atoms with Gasteiger partial charge in [0.15, 0.2) is 0 Å². The minimum Gasteiger partial charge on any atom is -0.478 e. The molecular formula is C10H10BrClO4. The van der Waals surface area contributed by atoms with Crippen molar-refractivity contribution in [2.45, 2.75) is 12.2 Å². The highest BCUT2D eigenvalue weighted by atomic mass is 79.9. The average molecular weight is 310 g/mol. The third kappa shape index (κ3) is 2.95. The maximum absolute atomic E-state index is 10.8. The molecule has 3 N–H and O–H groups in total. The van der Waals surface area contributed by atoms with Crippen LogP contribution in [0.1, 0.15) is 22.0 Å². The summed E-state index contributed by atoms with van der Waals surface area (Å²) in [5.41, 5.74) is 0.216. The van der Waals surface area contributed by atoms with Crippen LogP contribution in [0.3, 0.4) is 0 Å². The molecule has 6 heteroatoms. The van der Waals surface area contributed by atoms with Crippen LogP contribution in [0.5, 0.6) is 0 Å². The summed E-state index contributed by atoms with van der Waals surface area (Å²) in [6.07, 6.45) is -2.14. The van der Waals surface area contributed by atoms with Gasteiger partial charge in [-0.25, -0.2) is 4.79 Å². The van der Waals surface area contributed by atoms with Crippen LogP contribution in [-0.4, -0.2) is 32.7 Å². The van der Waals surface area contributed by atoms with Crippen molar-refractivity contribution in [3.63, 3.8) is 0 Å². The fourth-order valence-corrected chi connectivity index (χ4v) is 1.75. The molecule has 88 valence electrons. The number of hydrogen-bond acceptors (Lipinski definition) is 3. The first-order valence-corrected chi connectivity index (χ1v) is 5.92. The van der Waals surface area contributed by atoms with Crippen molar-refractivity contribution in [1.82, 2.24) is 0 Å². The number of aromatic carboxylic acids is 1. The topological polar surface area (TPSA) is 77.8 Å². The molecule has 1 aromatic rings. The van der Waals surface area contributed by atoms with Gasteiger partial charge in [0.05, 0.1) is 16.7 Å². The summed E-state index contributed by atoms with van der Waals surface area (Å²) in [5, 5.41) is 28.2. The van der Waals surface area contributed by atoms with Crippen LogP contribution < -0.4 is 0 Å². The fraction of sp³-hybridized carbons (Fsp3) is 0.300. The van der Waals surface area contributed by atoms with Gasteiger partial charge in [0.1, 0.15) is 6.10 Å². The second kappa shape index (κ2) is 5.63. The number of carboxylic acids is 1. The zero-order valence-electron chi connectivity index (χ0n) is 8.10. The molecule has 0 aliphatic rings. The van der Waals surface area contributed by atoms with Crippen LogP contribution in [0, 0.1) is 0 Å². The van der Waals surface area contributed by atoms with Gasteiger partial charge in [-0.2, -0.15) is 0 Å². The summed E-state index contributed by atoms with van der Waals surface area (Å²) >= 11 is 8.70. The molecule has 1 rings (SSSR count). The smallest absolute Gasteiger partial charge is 0.337 e. The Labute approximate surface area is 106 Å². The number of aliphatic hydroxyl groups excluding tert-OH is 2. The summed E-state index contributed by atoms with van der Waals surface area (Å²) in [7, 11) is 0. The van der Waals surface area contributed by atoms with Crippen molar-refractivity contribution in [1.29, 1.82) is 0 Å². The number of hydrogen-bond donors (Lipinski definition) is 3. The lowest BCUT2D eigenvalue weighted by molar-refractivity contribution is 0.0341. The predicted molar refractivity (Wildman–Crippen MR) is 63.2 cm³/mol. The van der Waals surface area contributed by atoms with E-state index in [4.69, 9.17) is 16.7 Å². The Balaban J connectivity index is 3.07. The molecule has 0 aromatic heterocycles. The van der Waals surface area contributed by atoms with Crippen LogP contribution in [0.25, 0.3) is 0 Å². The molecular weight excluding hydrogens is 299 g/mol. The van der Waals surface area contributed by atoms with Gasteiger partial charge in [0.25, 0.3) is 0 Å². The van der Waals surface area contributed by atoms with E-state index < -0.39 is 18.2 Å². The molecule has 0 aliphatic carbocycles. The lowest BCUT2D eigenvalue weighted by atomic mass is 10.0. The molecule has 2 unspecified atom stereocenters. The molecule has 0 amide bonds. The van der Waals surface area contributed by atoms with E-state index in [1.807, 2.05) is 0 Å². The molecule has 0 fully saturated rings. The number of benzene rings is 1. The van der Waals surface area contributed by atoms with Crippen LogP contribution in [0.15, 0.2) is 18.2 Å². The fourth-order valence-electron chi connectivity index (χ4n) is 1.20. The minimum absolute atomic E-state index is 0.0942. The summed E-state index contributed by atoms with van der Waals surface area (Å²) in [6, 6.07) is 4.11.